The second kappa shape index (κ2) is 10.7. The van der Waals surface area contributed by atoms with E-state index in [1.54, 1.807) is 13.0 Å². The van der Waals surface area contributed by atoms with Crippen molar-refractivity contribution in [2.75, 3.05) is 12.9 Å². The monoisotopic (exact) mass is 553 g/mol. The number of carbonyl (C=O) groups is 1. The largest absolute Gasteiger partial charge is 0.416 e. The SMILES string of the molecule is Cc1c(CCCOS(C)(=O)=O)cc(C(=O)NCc2cc(C3CC3)no2)c(=O)n1-c1cccc(C(F)(F)F)c1. The third-order valence-electron chi connectivity index (χ3n) is 6.11. The topological polar surface area (TPSA) is 120 Å². The lowest BCUT2D eigenvalue weighted by molar-refractivity contribution is -0.137. The van der Waals surface area contributed by atoms with Crippen molar-refractivity contribution in [2.24, 2.45) is 0 Å². The van der Waals surface area contributed by atoms with Crippen LogP contribution in [0.2, 0.25) is 0 Å². The Labute approximate surface area is 216 Å². The van der Waals surface area contributed by atoms with Gasteiger partial charge in [0.2, 0.25) is 0 Å². The fourth-order valence-electron chi connectivity index (χ4n) is 4.02. The molecule has 38 heavy (non-hydrogen) atoms. The lowest BCUT2D eigenvalue weighted by atomic mass is 10.0. The third kappa shape index (κ3) is 6.70. The van der Waals surface area contributed by atoms with Gasteiger partial charge in [0, 0.05) is 23.4 Å². The van der Waals surface area contributed by atoms with Gasteiger partial charge in [0.05, 0.1) is 30.7 Å². The quantitative estimate of drug-likeness (QED) is 0.299. The molecular weight excluding hydrogens is 527 g/mol. The van der Waals surface area contributed by atoms with Gasteiger partial charge in [0.15, 0.2) is 5.76 Å². The van der Waals surface area contributed by atoms with E-state index in [4.69, 9.17) is 8.71 Å². The molecule has 0 saturated heterocycles. The second-order valence-corrected chi connectivity index (χ2v) is 10.8. The first-order valence-corrected chi connectivity index (χ1v) is 13.7. The summed E-state index contributed by atoms with van der Waals surface area (Å²) in [5.41, 5.74) is -0.504. The molecule has 1 aliphatic rings. The van der Waals surface area contributed by atoms with Gasteiger partial charge in [0.1, 0.15) is 5.56 Å². The van der Waals surface area contributed by atoms with Gasteiger partial charge < -0.3 is 9.84 Å². The normalized spacial score (nSPS) is 14.0. The first kappa shape index (κ1) is 27.6. The Morgan fingerprint density at radius 2 is 1.97 bits per heavy atom. The molecule has 2 aromatic heterocycles. The third-order valence-corrected chi connectivity index (χ3v) is 6.71. The molecule has 0 radical (unpaired) electrons. The molecule has 1 amide bonds. The smallest absolute Gasteiger partial charge is 0.359 e. The van der Waals surface area contributed by atoms with E-state index in [-0.39, 0.29) is 37.2 Å². The van der Waals surface area contributed by atoms with Crippen molar-refractivity contribution < 1.29 is 35.1 Å². The first-order chi connectivity index (χ1) is 17.8. The summed E-state index contributed by atoms with van der Waals surface area (Å²) >= 11 is 0. The number of benzene rings is 1. The van der Waals surface area contributed by atoms with Crippen LogP contribution in [0.25, 0.3) is 5.69 Å². The van der Waals surface area contributed by atoms with E-state index in [1.165, 1.54) is 18.2 Å². The Hall–Kier alpha value is -3.45. The Balaban J connectivity index is 1.66. The van der Waals surface area contributed by atoms with E-state index in [0.29, 0.717) is 22.9 Å². The molecule has 4 rings (SSSR count). The average Bonchev–Trinajstić information content (AvgIpc) is 3.58. The van der Waals surface area contributed by atoms with E-state index in [9.17, 15) is 31.2 Å². The molecule has 3 aromatic rings. The summed E-state index contributed by atoms with van der Waals surface area (Å²) in [5.74, 6) is 0.0200. The molecule has 1 aliphatic carbocycles. The molecule has 1 saturated carbocycles. The molecule has 1 N–H and O–H groups in total. The molecule has 0 atom stereocenters. The van der Waals surface area contributed by atoms with Crippen molar-refractivity contribution in [3.8, 4) is 5.69 Å². The van der Waals surface area contributed by atoms with Crippen molar-refractivity contribution in [2.45, 2.75) is 51.2 Å². The van der Waals surface area contributed by atoms with Crippen LogP contribution in [-0.2, 0) is 33.4 Å². The molecule has 0 aliphatic heterocycles. The molecule has 0 spiro atoms. The molecule has 13 heteroatoms. The summed E-state index contributed by atoms with van der Waals surface area (Å²) < 4.78 is 73.6. The number of carbonyl (C=O) groups excluding carboxylic acids is 1. The van der Waals surface area contributed by atoms with Crippen LogP contribution in [0.15, 0.2) is 45.7 Å². The van der Waals surface area contributed by atoms with E-state index in [1.807, 2.05) is 0 Å². The molecule has 0 bridgehead atoms. The average molecular weight is 554 g/mol. The standard InChI is InChI=1S/C25H26F3N3O6S/c1-15-17(5-4-10-36-38(2,34)35)11-21(23(32)29-14-20-13-22(30-37-20)16-8-9-16)24(33)31(15)19-7-3-6-18(12-19)25(26,27)28/h3,6-7,11-13,16H,4-5,8-10,14H2,1-2H3,(H,29,32). The Morgan fingerprint density at radius 1 is 1.24 bits per heavy atom. The minimum Gasteiger partial charge on any atom is -0.359 e. The molecule has 1 fully saturated rings. The zero-order valence-electron chi connectivity index (χ0n) is 20.7. The first-order valence-electron chi connectivity index (χ1n) is 11.8. The Morgan fingerprint density at radius 3 is 2.63 bits per heavy atom. The van der Waals surface area contributed by atoms with Crippen molar-refractivity contribution >= 4 is 16.0 Å². The maximum Gasteiger partial charge on any atom is 0.416 e. The van der Waals surface area contributed by atoms with Crippen LogP contribution in [0.5, 0.6) is 0 Å². The number of aryl methyl sites for hydroxylation is 1. The Kier molecular flexibility index (Phi) is 7.79. The number of hydrogen-bond acceptors (Lipinski definition) is 7. The number of alkyl halides is 3. The molecule has 204 valence electrons. The minimum atomic E-state index is -4.63. The molecule has 0 unspecified atom stereocenters. The van der Waals surface area contributed by atoms with Crippen LogP contribution in [0, 0.1) is 6.92 Å². The molecule has 1 aromatic carbocycles. The molecule has 2 heterocycles. The minimum absolute atomic E-state index is 0.0348. The van der Waals surface area contributed by atoms with Crippen LogP contribution in [0.3, 0.4) is 0 Å². The lowest BCUT2D eigenvalue weighted by Crippen LogP contribution is -2.34. The highest BCUT2D eigenvalue weighted by atomic mass is 32.2. The Bertz CT molecular complexity index is 1510. The zero-order valence-corrected chi connectivity index (χ0v) is 21.5. The number of nitrogens with one attached hydrogen (secondary N) is 1. The summed E-state index contributed by atoms with van der Waals surface area (Å²) in [6.45, 7) is 1.37. The number of hydrogen-bond donors (Lipinski definition) is 1. The maximum atomic E-state index is 13.4. The van der Waals surface area contributed by atoms with E-state index in [0.717, 1.165) is 41.5 Å². The molecule has 9 nitrogen and oxygen atoms in total. The van der Waals surface area contributed by atoms with Crippen LogP contribution in [0.4, 0.5) is 13.2 Å². The van der Waals surface area contributed by atoms with Crippen LogP contribution in [-0.4, -0.2) is 36.9 Å². The van der Waals surface area contributed by atoms with Crippen LogP contribution < -0.4 is 10.9 Å². The van der Waals surface area contributed by atoms with Gasteiger partial charge in [-0.3, -0.25) is 18.3 Å². The predicted octanol–water partition coefficient (Wildman–Crippen LogP) is 3.87. The summed E-state index contributed by atoms with van der Waals surface area (Å²) in [5, 5.41) is 6.58. The van der Waals surface area contributed by atoms with Crippen molar-refractivity contribution in [1.29, 1.82) is 0 Å². The lowest BCUT2D eigenvalue weighted by Gasteiger charge is -2.18. The summed E-state index contributed by atoms with van der Waals surface area (Å²) in [4.78, 5) is 26.5. The summed E-state index contributed by atoms with van der Waals surface area (Å²) in [7, 11) is -3.66. The van der Waals surface area contributed by atoms with Gasteiger partial charge >= 0.3 is 6.18 Å². The summed E-state index contributed by atoms with van der Waals surface area (Å²) in [6, 6.07) is 7.35. The van der Waals surface area contributed by atoms with Gasteiger partial charge in [-0.2, -0.15) is 21.6 Å². The van der Waals surface area contributed by atoms with E-state index in [2.05, 4.69) is 10.5 Å². The fraction of sp³-hybridized carbons (Fsp3) is 0.400. The van der Waals surface area contributed by atoms with Gasteiger partial charge in [0.25, 0.3) is 21.6 Å². The molecular formula is C25H26F3N3O6S. The van der Waals surface area contributed by atoms with E-state index >= 15 is 0 Å². The number of amides is 1. The van der Waals surface area contributed by atoms with Crippen molar-refractivity contribution in [3.63, 3.8) is 0 Å². The second-order valence-electron chi connectivity index (χ2n) is 9.16. The van der Waals surface area contributed by atoms with Gasteiger partial charge in [-0.1, -0.05) is 11.2 Å². The number of aromatic nitrogens is 2. The predicted molar refractivity (Wildman–Crippen MR) is 131 cm³/mol. The van der Waals surface area contributed by atoms with Crippen LogP contribution in [0.1, 0.15) is 63.8 Å². The van der Waals surface area contributed by atoms with Gasteiger partial charge in [-0.25, -0.2) is 0 Å². The number of rotatable bonds is 10. The zero-order chi connectivity index (χ0) is 27.7. The van der Waals surface area contributed by atoms with Gasteiger partial charge in [-0.05, 0) is 62.4 Å². The van der Waals surface area contributed by atoms with E-state index < -0.39 is 33.3 Å². The number of halogens is 3. The fourth-order valence-corrected chi connectivity index (χ4v) is 4.44. The maximum absolute atomic E-state index is 13.4. The highest BCUT2D eigenvalue weighted by molar-refractivity contribution is 7.85. The number of pyridine rings is 1. The highest BCUT2D eigenvalue weighted by Crippen LogP contribution is 2.39. The number of nitrogens with zero attached hydrogens (tertiary/aromatic N) is 2. The van der Waals surface area contributed by atoms with Crippen LogP contribution >= 0.6 is 0 Å². The summed E-state index contributed by atoms with van der Waals surface area (Å²) in [6.07, 6.45) is -1.25. The van der Waals surface area contributed by atoms with Crippen molar-refractivity contribution in [3.05, 3.63) is 80.6 Å². The highest BCUT2D eigenvalue weighted by Gasteiger charge is 2.31. The van der Waals surface area contributed by atoms with Crippen molar-refractivity contribution in [1.82, 2.24) is 15.0 Å². The van der Waals surface area contributed by atoms with Gasteiger partial charge in [-0.15, -0.1) is 0 Å².